The van der Waals surface area contributed by atoms with Gasteiger partial charge in [-0.15, -0.1) is 0 Å². The topological polar surface area (TPSA) is 50.4 Å². The van der Waals surface area contributed by atoms with Gasteiger partial charge in [0.25, 0.3) is 0 Å². The molecule has 2 aromatic rings. The van der Waals surface area contributed by atoms with Crippen LogP contribution in [0.2, 0.25) is 5.02 Å². The molecule has 0 heterocycles. The number of hydrogen-bond acceptors (Lipinski definition) is 2. The zero-order valence-corrected chi connectivity index (χ0v) is 13.7. The first-order valence-electron chi connectivity index (χ1n) is 7.05. The molecule has 2 amide bonds. The summed E-state index contributed by atoms with van der Waals surface area (Å²) in [4.78, 5) is 12.0. The van der Waals surface area contributed by atoms with Crippen LogP contribution in [0.5, 0.6) is 0 Å². The molecule has 0 aliphatic heterocycles. The lowest BCUT2D eigenvalue weighted by Crippen LogP contribution is -2.41. The summed E-state index contributed by atoms with van der Waals surface area (Å²) in [5, 5.41) is 5.73. The summed E-state index contributed by atoms with van der Waals surface area (Å²) < 4.78 is 19.0. The van der Waals surface area contributed by atoms with E-state index in [-0.39, 0.29) is 12.2 Å². The molecule has 6 heteroatoms. The highest BCUT2D eigenvalue weighted by molar-refractivity contribution is 6.30. The summed E-state index contributed by atoms with van der Waals surface area (Å²) in [6.45, 7) is 2.03. The Kier molecular flexibility index (Phi) is 5.58. The van der Waals surface area contributed by atoms with Crippen LogP contribution in [-0.2, 0) is 10.3 Å². The van der Waals surface area contributed by atoms with Crippen molar-refractivity contribution in [1.82, 2.24) is 5.32 Å². The highest BCUT2D eigenvalue weighted by Crippen LogP contribution is 2.26. The number of carbonyl (C=O) groups excluding carboxylic acids is 1. The second-order valence-electron chi connectivity index (χ2n) is 5.23. The van der Waals surface area contributed by atoms with E-state index in [1.165, 1.54) is 12.1 Å². The molecule has 0 bridgehead atoms. The number of urea groups is 1. The van der Waals surface area contributed by atoms with Crippen molar-refractivity contribution in [2.75, 3.05) is 19.0 Å². The first-order chi connectivity index (χ1) is 10.9. The molecule has 2 rings (SSSR count). The zero-order valence-electron chi connectivity index (χ0n) is 12.9. The van der Waals surface area contributed by atoms with Crippen molar-refractivity contribution in [2.45, 2.75) is 12.5 Å². The quantitative estimate of drug-likeness (QED) is 0.861. The average Bonchev–Trinajstić information content (AvgIpc) is 2.55. The van der Waals surface area contributed by atoms with Crippen molar-refractivity contribution in [2.24, 2.45) is 0 Å². The minimum absolute atomic E-state index is 0.117. The van der Waals surface area contributed by atoms with Crippen LogP contribution in [0.15, 0.2) is 48.5 Å². The fourth-order valence-electron chi connectivity index (χ4n) is 2.09. The second kappa shape index (κ2) is 7.44. The van der Waals surface area contributed by atoms with Crippen LogP contribution < -0.4 is 10.6 Å². The molecular formula is C17H18ClFN2O2. The Hall–Kier alpha value is -2.11. The van der Waals surface area contributed by atoms with Gasteiger partial charge in [0, 0.05) is 12.1 Å². The van der Waals surface area contributed by atoms with E-state index in [1.54, 1.807) is 31.4 Å². The van der Waals surface area contributed by atoms with Gasteiger partial charge in [-0.1, -0.05) is 35.9 Å². The Bertz CT molecular complexity index is 696. The predicted molar refractivity (Wildman–Crippen MR) is 89.2 cm³/mol. The molecule has 0 saturated carbocycles. The molecule has 0 aliphatic carbocycles. The van der Waals surface area contributed by atoms with Crippen molar-refractivity contribution < 1.29 is 13.9 Å². The molecule has 0 saturated heterocycles. The van der Waals surface area contributed by atoms with Gasteiger partial charge in [-0.05, 0) is 36.8 Å². The number of amides is 2. The fourth-order valence-corrected chi connectivity index (χ4v) is 2.28. The Labute approximate surface area is 139 Å². The molecule has 122 valence electrons. The molecule has 0 aromatic heterocycles. The number of nitrogens with one attached hydrogen (secondary N) is 2. The van der Waals surface area contributed by atoms with Gasteiger partial charge in [0.1, 0.15) is 11.4 Å². The molecule has 0 aliphatic rings. The van der Waals surface area contributed by atoms with Crippen LogP contribution >= 0.6 is 11.6 Å². The first-order valence-corrected chi connectivity index (χ1v) is 7.43. The lowest BCUT2D eigenvalue weighted by atomic mass is 9.96. The molecule has 0 radical (unpaired) electrons. The average molecular weight is 337 g/mol. The largest absolute Gasteiger partial charge is 0.372 e. The SMILES string of the molecule is COC(C)(CNC(=O)Nc1ccccc1F)c1cccc(Cl)c1. The highest BCUT2D eigenvalue weighted by atomic mass is 35.5. The van der Waals surface area contributed by atoms with Crippen LogP contribution in [0.4, 0.5) is 14.9 Å². The van der Waals surface area contributed by atoms with Crippen molar-refractivity contribution in [1.29, 1.82) is 0 Å². The smallest absolute Gasteiger partial charge is 0.319 e. The molecule has 1 unspecified atom stereocenters. The molecule has 0 fully saturated rings. The molecule has 23 heavy (non-hydrogen) atoms. The highest BCUT2D eigenvalue weighted by Gasteiger charge is 2.27. The number of methoxy groups -OCH3 is 1. The normalized spacial score (nSPS) is 13.2. The third-order valence-electron chi connectivity index (χ3n) is 3.59. The molecular weight excluding hydrogens is 319 g/mol. The summed E-state index contributed by atoms with van der Waals surface area (Å²) in [6.07, 6.45) is 0. The van der Waals surface area contributed by atoms with Crippen molar-refractivity contribution in [3.8, 4) is 0 Å². The number of anilines is 1. The maximum absolute atomic E-state index is 13.5. The maximum Gasteiger partial charge on any atom is 0.319 e. The molecule has 1 atom stereocenters. The molecule has 0 spiro atoms. The minimum atomic E-state index is -0.753. The molecule has 4 nitrogen and oxygen atoms in total. The van der Waals surface area contributed by atoms with Gasteiger partial charge in [0.15, 0.2) is 0 Å². The second-order valence-corrected chi connectivity index (χ2v) is 5.67. The van der Waals surface area contributed by atoms with E-state index in [1.807, 2.05) is 19.1 Å². The zero-order chi connectivity index (χ0) is 16.9. The van der Waals surface area contributed by atoms with Crippen LogP contribution in [0.3, 0.4) is 0 Å². The molecule has 2 aromatic carbocycles. The Morgan fingerprint density at radius 3 is 2.65 bits per heavy atom. The number of halogens is 2. The van der Waals surface area contributed by atoms with Crippen LogP contribution in [0.1, 0.15) is 12.5 Å². The van der Waals surface area contributed by atoms with E-state index in [2.05, 4.69) is 10.6 Å². The lowest BCUT2D eigenvalue weighted by Gasteiger charge is -2.29. The Morgan fingerprint density at radius 1 is 1.26 bits per heavy atom. The Balaban J connectivity index is 2.02. The van der Waals surface area contributed by atoms with Crippen LogP contribution in [-0.4, -0.2) is 19.7 Å². The van der Waals surface area contributed by atoms with E-state index in [0.29, 0.717) is 5.02 Å². The van der Waals surface area contributed by atoms with Gasteiger partial charge in [0.2, 0.25) is 0 Å². The maximum atomic E-state index is 13.5. The van der Waals surface area contributed by atoms with Crippen molar-refractivity contribution in [3.63, 3.8) is 0 Å². The van der Waals surface area contributed by atoms with Crippen LogP contribution in [0.25, 0.3) is 0 Å². The van der Waals surface area contributed by atoms with Gasteiger partial charge in [-0.25, -0.2) is 9.18 Å². The number of ether oxygens (including phenoxy) is 1. The standard InChI is InChI=1S/C17H18ClFN2O2/c1-17(23-2,12-6-5-7-13(18)10-12)11-20-16(22)21-15-9-4-3-8-14(15)19/h3-10H,11H2,1-2H3,(H2,20,21,22). The van der Waals surface area contributed by atoms with E-state index in [9.17, 15) is 9.18 Å². The van der Waals surface area contributed by atoms with Gasteiger partial charge >= 0.3 is 6.03 Å². The van der Waals surface area contributed by atoms with E-state index >= 15 is 0 Å². The van der Waals surface area contributed by atoms with Gasteiger partial charge < -0.3 is 15.4 Å². The number of para-hydroxylation sites is 1. The first kappa shape index (κ1) is 17.2. The number of benzene rings is 2. The number of carbonyl (C=O) groups is 1. The van der Waals surface area contributed by atoms with Crippen LogP contribution in [0, 0.1) is 5.82 Å². The fraction of sp³-hybridized carbons (Fsp3) is 0.235. The van der Waals surface area contributed by atoms with Gasteiger partial charge in [-0.3, -0.25) is 0 Å². The number of rotatable bonds is 5. The van der Waals surface area contributed by atoms with E-state index in [0.717, 1.165) is 5.56 Å². The monoisotopic (exact) mass is 336 g/mol. The molecule has 2 N–H and O–H groups in total. The van der Waals surface area contributed by atoms with Gasteiger partial charge in [-0.2, -0.15) is 0 Å². The van der Waals surface area contributed by atoms with Crippen molar-refractivity contribution in [3.05, 3.63) is 64.9 Å². The summed E-state index contributed by atoms with van der Waals surface area (Å²) in [5.74, 6) is -0.494. The third kappa shape index (κ3) is 4.43. The third-order valence-corrected chi connectivity index (χ3v) is 3.83. The lowest BCUT2D eigenvalue weighted by molar-refractivity contribution is 0.00521. The van der Waals surface area contributed by atoms with Crippen molar-refractivity contribution >= 4 is 23.3 Å². The van der Waals surface area contributed by atoms with E-state index < -0.39 is 17.4 Å². The summed E-state index contributed by atoms with van der Waals surface area (Å²) >= 11 is 6.00. The minimum Gasteiger partial charge on any atom is -0.372 e. The summed E-state index contributed by atoms with van der Waals surface area (Å²) in [6, 6.07) is 12.7. The summed E-state index contributed by atoms with van der Waals surface area (Å²) in [5.41, 5.74) is 0.197. The van der Waals surface area contributed by atoms with Gasteiger partial charge in [0.05, 0.1) is 12.2 Å². The predicted octanol–water partition coefficient (Wildman–Crippen LogP) is 4.16. The van der Waals surface area contributed by atoms with E-state index in [4.69, 9.17) is 16.3 Å². The Morgan fingerprint density at radius 2 is 2.00 bits per heavy atom. The number of hydrogen-bond donors (Lipinski definition) is 2. The summed E-state index contributed by atoms with van der Waals surface area (Å²) in [7, 11) is 1.55.